The Morgan fingerprint density at radius 2 is 2.00 bits per heavy atom. The van der Waals surface area contributed by atoms with Crippen LogP contribution in [0.15, 0.2) is 24.4 Å². The number of ether oxygens (including phenoxy) is 2. The Kier molecular flexibility index (Phi) is 4.42. The molecule has 0 atom stereocenters. The molecular formula is C19H18FN5O3. The van der Waals surface area contributed by atoms with Crippen LogP contribution in [0, 0.1) is 5.82 Å². The molecule has 1 aliphatic rings. The van der Waals surface area contributed by atoms with E-state index in [-0.39, 0.29) is 40.7 Å². The number of rotatable bonds is 5. The first-order valence-corrected chi connectivity index (χ1v) is 8.67. The molecule has 1 fully saturated rings. The zero-order chi connectivity index (χ0) is 19.8. The molecule has 1 saturated carbocycles. The summed E-state index contributed by atoms with van der Waals surface area (Å²) in [6.07, 6.45) is 3.33. The van der Waals surface area contributed by atoms with E-state index in [9.17, 15) is 9.18 Å². The van der Waals surface area contributed by atoms with Gasteiger partial charge in [0.2, 0.25) is 11.8 Å². The number of halogens is 1. The highest BCUT2D eigenvalue weighted by Crippen LogP contribution is 2.38. The molecule has 0 radical (unpaired) electrons. The Hall–Kier alpha value is -3.49. The third-order valence-corrected chi connectivity index (χ3v) is 4.60. The van der Waals surface area contributed by atoms with Crippen LogP contribution in [0.2, 0.25) is 0 Å². The molecular weight excluding hydrogens is 365 g/mol. The maximum Gasteiger partial charge on any atom is 0.272 e. The fourth-order valence-electron chi connectivity index (χ4n) is 3.02. The van der Waals surface area contributed by atoms with Gasteiger partial charge >= 0.3 is 0 Å². The smallest absolute Gasteiger partial charge is 0.272 e. The molecule has 2 aromatic heterocycles. The van der Waals surface area contributed by atoms with Crippen molar-refractivity contribution in [1.29, 1.82) is 0 Å². The maximum atomic E-state index is 14.8. The number of aromatic nitrogens is 3. The summed E-state index contributed by atoms with van der Waals surface area (Å²) in [5.74, 6) is -0.523. The number of fused-ring (bicyclic) bond motifs is 1. The summed E-state index contributed by atoms with van der Waals surface area (Å²) in [6, 6.07) is 4.50. The predicted molar refractivity (Wildman–Crippen MR) is 101 cm³/mol. The van der Waals surface area contributed by atoms with Crippen LogP contribution in [0.4, 0.5) is 10.1 Å². The zero-order valence-electron chi connectivity index (χ0n) is 15.3. The minimum absolute atomic E-state index is 0.120. The molecule has 0 saturated heterocycles. The molecule has 0 unspecified atom stereocenters. The van der Waals surface area contributed by atoms with Crippen LogP contribution in [0.1, 0.15) is 23.3 Å². The van der Waals surface area contributed by atoms with Crippen LogP contribution < -0.4 is 20.5 Å². The van der Waals surface area contributed by atoms with E-state index in [0.29, 0.717) is 16.3 Å². The van der Waals surface area contributed by atoms with Crippen molar-refractivity contribution in [3.05, 3.63) is 35.9 Å². The van der Waals surface area contributed by atoms with Crippen molar-refractivity contribution >= 4 is 22.4 Å². The van der Waals surface area contributed by atoms with Gasteiger partial charge in [-0.25, -0.2) is 9.37 Å². The second-order valence-electron chi connectivity index (χ2n) is 6.46. The van der Waals surface area contributed by atoms with Crippen molar-refractivity contribution in [1.82, 2.24) is 20.5 Å². The van der Waals surface area contributed by atoms with Gasteiger partial charge in [0.1, 0.15) is 5.82 Å². The number of nitrogen functional groups attached to an aromatic ring is 1. The van der Waals surface area contributed by atoms with E-state index in [1.807, 2.05) is 0 Å². The lowest BCUT2D eigenvalue weighted by atomic mass is 9.98. The van der Waals surface area contributed by atoms with Gasteiger partial charge in [-0.2, -0.15) is 0 Å². The molecule has 0 spiro atoms. The third kappa shape index (κ3) is 3.04. The molecule has 1 aromatic carbocycles. The summed E-state index contributed by atoms with van der Waals surface area (Å²) in [4.78, 5) is 16.6. The summed E-state index contributed by atoms with van der Waals surface area (Å²) in [5.41, 5.74) is 7.05. The van der Waals surface area contributed by atoms with Crippen LogP contribution in [0.5, 0.6) is 11.8 Å². The Morgan fingerprint density at radius 3 is 2.68 bits per heavy atom. The van der Waals surface area contributed by atoms with E-state index in [1.54, 1.807) is 0 Å². The van der Waals surface area contributed by atoms with Gasteiger partial charge in [-0.15, -0.1) is 10.2 Å². The molecule has 28 heavy (non-hydrogen) atoms. The number of carbonyl (C=O) groups excluding carboxylic acids is 1. The number of hydrogen-bond acceptors (Lipinski definition) is 7. The summed E-state index contributed by atoms with van der Waals surface area (Å²) >= 11 is 0. The summed E-state index contributed by atoms with van der Waals surface area (Å²) < 4.78 is 25.2. The number of pyridine rings is 1. The number of carbonyl (C=O) groups is 1. The zero-order valence-corrected chi connectivity index (χ0v) is 15.3. The number of nitrogens with one attached hydrogen (secondary N) is 1. The third-order valence-electron chi connectivity index (χ3n) is 4.60. The molecule has 144 valence electrons. The van der Waals surface area contributed by atoms with Crippen molar-refractivity contribution in [2.24, 2.45) is 0 Å². The van der Waals surface area contributed by atoms with E-state index in [1.165, 1.54) is 38.6 Å². The van der Waals surface area contributed by atoms with Gasteiger partial charge < -0.3 is 20.5 Å². The highest BCUT2D eigenvalue weighted by Gasteiger charge is 2.26. The lowest BCUT2D eigenvalue weighted by Gasteiger charge is -2.14. The Labute approximate surface area is 159 Å². The second kappa shape index (κ2) is 6.91. The number of nitrogens with two attached hydrogens (primary N) is 1. The summed E-state index contributed by atoms with van der Waals surface area (Å²) in [5, 5.41) is 11.5. The minimum Gasteiger partial charge on any atom is -0.480 e. The van der Waals surface area contributed by atoms with Crippen molar-refractivity contribution in [3.63, 3.8) is 0 Å². The summed E-state index contributed by atoms with van der Waals surface area (Å²) in [6.45, 7) is 0. The van der Waals surface area contributed by atoms with Gasteiger partial charge in [0.25, 0.3) is 5.91 Å². The van der Waals surface area contributed by atoms with E-state index >= 15 is 0 Å². The normalized spacial score (nSPS) is 13.4. The Morgan fingerprint density at radius 1 is 1.21 bits per heavy atom. The van der Waals surface area contributed by atoms with Gasteiger partial charge in [0.05, 0.1) is 25.5 Å². The van der Waals surface area contributed by atoms with Crippen molar-refractivity contribution in [2.45, 2.75) is 18.9 Å². The van der Waals surface area contributed by atoms with Crippen molar-refractivity contribution in [3.8, 4) is 22.9 Å². The number of methoxy groups -OCH3 is 2. The van der Waals surface area contributed by atoms with Gasteiger partial charge in [0, 0.05) is 34.6 Å². The van der Waals surface area contributed by atoms with E-state index < -0.39 is 5.82 Å². The first-order chi connectivity index (χ1) is 13.5. The maximum absolute atomic E-state index is 14.8. The van der Waals surface area contributed by atoms with Gasteiger partial charge in [-0.3, -0.25) is 4.79 Å². The van der Waals surface area contributed by atoms with Gasteiger partial charge in [-0.05, 0) is 25.0 Å². The fourth-order valence-corrected chi connectivity index (χ4v) is 3.02. The highest BCUT2D eigenvalue weighted by molar-refractivity contribution is 6.09. The molecule has 3 aromatic rings. The summed E-state index contributed by atoms with van der Waals surface area (Å²) in [7, 11) is 2.85. The highest BCUT2D eigenvalue weighted by atomic mass is 19.1. The Bertz CT molecular complexity index is 1080. The van der Waals surface area contributed by atoms with Crippen LogP contribution in [0.3, 0.4) is 0 Å². The number of nitrogens with zero attached hydrogens (tertiary/aromatic N) is 3. The molecule has 8 nitrogen and oxygen atoms in total. The standard InChI is InChI=1S/C19H18FN5O3/c1-27-14-7-11(19(28-2)25-24-14)15-12-8-22-17(18(26)23-9-3-4-9)16(21)10(12)5-6-13(15)20/h5-9H,3-4,21H2,1-2H3,(H,23,26). The number of anilines is 1. The topological polar surface area (TPSA) is 112 Å². The Balaban J connectivity index is 1.91. The van der Waals surface area contributed by atoms with Crippen LogP contribution >= 0.6 is 0 Å². The molecule has 3 N–H and O–H groups in total. The molecule has 1 aliphatic carbocycles. The quantitative estimate of drug-likeness (QED) is 0.695. The predicted octanol–water partition coefficient (Wildman–Crippen LogP) is 2.32. The van der Waals surface area contributed by atoms with Gasteiger partial charge in [-0.1, -0.05) is 0 Å². The largest absolute Gasteiger partial charge is 0.480 e. The molecule has 9 heteroatoms. The first kappa shape index (κ1) is 17.9. The van der Waals surface area contributed by atoms with E-state index in [0.717, 1.165) is 12.8 Å². The monoisotopic (exact) mass is 383 g/mol. The number of amides is 1. The van der Waals surface area contributed by atoms with Crippen LogP contribution in [0.25, 0.3) is 21.9 Å². The minimum atomic E-state index is -0.516. The SMILES string of the molecule is COc1cc(-c2c(F)ccc3c(N)c(C(=O)NC4CC4)ncc23)c(OC)nn1. The van der Waals surface area contributed by atoms with Crippen LogP contribution in [-0.2, 0) is 0 Å². The fraction of sp³-hybridized carbons (Fsp3) is 0.263. The molecule has 0 aliphatic heterocycles. The molecule has 4 rings (SSSR count). The van der Waals surface area contributed by atoms with Gasteiger partial charge in [0.15, 0.2) is 5.69 Å². The second-order valence-corrected chi connectivity index (χ2v) is 6.46. The first-order valence-electron chi connectivity index (χ1n) is 8.67. The van der Waals surface area contributed by atoms with E-state index in [4.69, 9.17) is 15.2 Å². The van der Waals surface area contributed by atoms with Crippen LogP contribution in [-0.4, -0.2) is 41.3 Å². The molecule has 2 heterocycles. The van der Waals surface area contributed by atoms with Crippen molar-refractivity contribution in [2.75, 3.05) is 20.0 Å². The lowest BCUT2D eigenvalue weighted by molar-refractivity contribution is 0.0947. The van der Waals surface area contributed by atoms with Crippen molar-refractivity contribution < 1.29 is 18.7 Å². The number of benzene rings is 1. The molecule has 1 amide bonds. The average Bonchev–Trinajstić information content (AvgIpc) is 3.51. The average molecular weight is 383 g/mol. The lowest BCUT2D eigenvalue weighted by Crippen LogP contribution is -2.27. The number of hydrogen-bond donors (Lipinski definition) is 2. The molecule has 0 bridgehead atoms. The van der Waals surface area contributed by atoms with E-state index in [2.05, 4.69) is 20.5 Å².